The third-order valence-corrected chi connectivity index (χ3v) is 4.82. The topological polar surface area (TPSA) is 95.9 Å². The minimum atomic E-state index is -1.04. The molecular weight excluding hydrogens is 343 g/mol. The number of hydrogen-bond donors (Lipinski definition) is 2. The molecule has 2 atom stereocenters. The molecule has 26 heavy (non-hydrogen) atoms. The third kappa shape index (κ3) is 4.19. The van der Waals surface area contributed by atoms with Gasteiger partial charge in [0.25, 0.3) is 11.8 Å². The van der Waals surface area contributed by atoms with Crippen LogP contribution in [0.4, 0.5) is 4.39 Å². The molecule has 0 spiro atoms. The van der Waals surface area contributed by atoms with Crippen molar-refractivity contribution in [2.75, 3.05) is 13.1 Å². The summed E-state index contributed by atoms with van der Waals surface area (Å²) in [5, 5.41) is 11.8. The number of nitrogens with zero attached hydrogens (tertiary/aromatic N) is 1. The summed E-state index contributed by atoms with van der Waals surface area (Å²) in [6.45, 7) is 0.954. The predicted molar refractivity (Wildman–Crippen MR) is 89.0 cm³/mol. The second-order valence-corrected chi connectivity index (χ2v) is 6.61. The number of halogens is 1. The van der Waals surface area contributed by atoms with Crippen LogP contribution in [-0.2, 0) is 14.3 Å². The monoisotopic (exact) mass is 364 g/mol. The minimum absolute atomic E-state index is 0.0622. The molecule has 2 aliphatic rings. The average Bonchev–Trinajstić information content (AvgIpc) is 3.13. The van der Waals surface area contributed by atoms with Crippen molar-refractivity contribution in [1.29, 1.82) is 0 Å². The second kappa shape index (κ2) is 7.82. The number of carbonyl (C=O) groups excluding carboxylic acids is 2. The molecule has 2 heterocycles. The van der Waals surface area contributed by atoms with Crippen molar-refractivity contribution in [3.05, 3.63) is 35.6 Å². The highest BCUT2D eigenvalue weighted by molar-refractivity contribution is 5.94. The van der Waals surface area contributed by atoms with Crippen LogP contribution >= 0.6 is 0 Å². The van der Waals surface area contributed by atoms with Crippen LogP contribution in [0, 0.1) is 5.82 Å². The Morgan fingerprint density at radius 1 is 1.04 bits per heavy atom. The van der Waals surface area contributed by atoms with Crippen LogP contribution in [0.25, 0.3) is 0 Å². The van der Waals surface area contributed by atoms with Gasteiger partial charge in [-0.1, -0.05) is 0 Å². The maximum Gasteiger partial charge on any atom is 0.332 e. The zero-order chi connectivity index (χ0) is 18.7. The number of ether oxygens (including phenoxy) is 1. The molecule has 3 rings (SSSR count). The molecule has 0 unspecified atom stereocenters. The van der Waals surface area contributed by atoms with E-state index >= 15 is 0 Å². The molecule has 2 saturated heterocycles. The first-order valence-electron chi connectivity index (χ1n) is 8.67. The third-order valence-electron chi connectivity index (χ3n) is 4.82. The van der Waals surface area contributed by atoms with Gasteiger partial charge >= 0.3 is 5.97 Å². The molecule has 8 heteroatoms. The molecular formula is C18H21FN2O5. The van der Waals surface area contributed by atoms with Crippen LogP contribution in [0.1, 0.15) is 36.0 Å². The number of carboxylic acids is 1. The predicted octanol–water partition coefficient (Wildman–Crippen LogP) is 1.18. The standard InChI is InChI=1S/C18H21FN2O5/c19-12-3-1-11(2-4-12)16(22)20-13-7-9-21(10-8-13)17(23)14-5-6-15(26-14)18(24)25/h1-4,13-15H,5-10H2,(H,20,22)(H,24,25)/t14-,15+/m0/s1. The minimum Gasteiger partial charge on any atom is -0.479 e. The highest BCUT2D eigenvalue weighted by Gasteiger charge is 2.37. The molecule has 1 aromatic carbocycles. The first-order chi connectivity index (χ1) is 12.4. The number of benzene rings is 1. The van der Waals surface area contributed by atoms with E-state index in [1.54, 1.807) is 4.90 Å². The fourth-order valence-electron chi connectivity index (χ4n) is 3.32. The van der Waals surface area contributed by atoms with Gasteiger partial charge in [-0.15, -0.1) is 0 Å². The lowest BCUT2D eigenvalue weighted by molar-refractivity contribution is -0.155. The van der Waals surface area contributed by atoms with Crippen LogP contribution in [0.3, 0.4) is 0 Å². The van der Waals surface area contributed by atoms with Crippen LogP contribution < -0.4 is 5.32 Å². The van der Waals surface area contributed by atoms with Crippen molar-refractivity contribution >= 4 is 17.8 Å². The number of carbonyl (C=O) groups is 3. The summed E-state index contributed by atoms with van der Waals surface area (Å²) in [4.78, 5) is 37.2. The van der Waals surface area contributed by atoms with Crippen LogP contribution in [0.15, 0.2) is 24.3 Å². The van der Waals surface area contributed by atoms with Gasteiger partial charge in [-0.2, -0.15) is 0 Å². The number of aliphatic carboxylic acids is 1. The van der Waals surface area contributed by atoms with Crippen molar-refractivity contribution in [3.63, 3.8) is 0 Å². The van der Waals surface area contributed by atoms with E-state index in [1.807, 2.05) is 0 Å². The average molecular weight is 364 g/mol. The fourth-order valence-corrected chi connectivity index (χ4v) is 3.32. The van der Waals surface area contributed by atoms with E-state index in [0.717, 1.165) is 0 Å². The summed E-state index contributed by atoms with van der Waals surface area (Å²) in [7, 11) is 0. The Morgan fingerprint density at radius 2 is 1.65 bits per heavy atom. The number of nitrogens with one attached hydrogen (secondary N) is 1. The van der Waals surface area contributed by atoms with E-state index in [0.29, 0.717) is 44.3 Å². The van der Waals surface area contributed by atoms with Gasteiger partial charge in [0, 0.05) is 24.7 Å². The number of amides is 2. The SMILES string of the molecule is O=C(NC1CCN(C(=O)[C@@H]2CC[C@H](C(=O)O)O2)CC1)c1ccc(F)cc1. The summed E-state index contributed by atoms with van der Waals surface area (Å²) < 4.78 is 18.2. The molecule has 0 aromatic heterocycles. The quantitative estimate of drug-likeness (QED) is 0.836. The number of rotatable bonds is 4. The van der Waals surface area contributed by atoms with E-state index in [-0.39, 0.29) is 17.9 Å². The van der Waals surface area contributed by atoms with Gasteiger partial charge in [0.2, 0.25) is 0 Å². The zero-order valence-corrected chi connectivity index (χ0v) is 14.2. The Hall–Kier alpha value is -2.48. The highest BCUT2D eigenvalue weighted by Crippen LogP contribution is 2.23. The lowest BCUT2D eigenvalue weighted by Crippen LogP contribution is -2.49. The number of hydrogen-bond acceptors (Lipinski definition) is 4. The van der Waals surface area contributed by atoms with Gasteiger partial charge < -0.3 is 20.1 Å². The Morgan fingerprint density at radius 3 is 2.23 bits per heavy atom. The van der Waals surface area contributed by atoms with Gasteiger partial charge in [-0.25, -0.2) is 9.18 Å². The maximum absolute atomic E-state index is 12.9. The molecule has 2 N–H and O–H groups in total. The van der Waals surface area contributed by atoms with Crippen molar-refractivity contribution in [2.45, 2.75) is 43.9 Å². The summed E-state index contributed by atoms with van der Waals surface area (Å²) in [6.07, 6.45) is 0.368. The number of carboxylic acid groups (broad SMARTS) is 1. The van der Waals surface area contributed by atoms with Crippen LogP contribution in [0.5, 0.6) is 0 Å². The summed E-state index contributed by atoms with van der Waals surface area (Å²) in [6, 6.07) is 5.27. The Bertz CT molecular complexity index is 685. The summed E-state index contributed by atoms with van der Waals surface area (Å²) >= 11 is 0. The number of likely N-dealkylation sites (tertiary alicyclic amines) is 1. The molecule has 1 aromatic rings. The Kier molecular flexibility index (Phi) is 5.51. The number of piperidine rings is 1. The van der Waals surface area contributed by atoms with Gasteiger partial charge in [-0.3, -0.25) is 9.59 Å². The first-order valence-corrected chi connectivity index (χ1v) is 8.67. The molecule has 7 nitrogen and oxygen atoms in total. The van der Waals surface area contributed by atoms with Gasteiger partial charge in [-0.05, 0) is 49.9 Å². The van der Waals surface area contributed by atoms with Gasteiger partial charge in [0.05, 0.1) is 0 Å². The van der Waals surface area contributed by atoms with Crippen molar-refractivity contribution in [2.24, 2.45) is 0 Å². The highest BCUT2D eigenvalue weighted by atomic mass is 19.1. The van der Waals surface area contributed by atoms with E-state index in [9.17, 15) is 18.8 Å². The first kappa shape index (κ1) is 18.3. The molecule has 0 aliphatic carbocycles. The van der Waals surface area contributed by atoms with Gasteiger partial charge in [0.15, 0.2) is 6.10 Å². The van der Waals surface area contributed by atoms with Crippen molar-refractivity contribution in [3.8, 4) is 0 Å². The zero-order valence-electron chi connectivity index (χ0n) is 14.2. The summed E-state index contributed by atoms with van der Waals surface area (Å²) in [5.74, 6) is -1.88. The maximum atomic E-state index is 12.9. The van der Waals surface area contributed by atoms with E-state index in [2.05, 4.69) is 5.32 Å². The van der Waals surface area contributed by atoms with Crippen LogP contribution in [-0.4, -0.2) is 59.1 Å². The summed E-state index contributed by atoms with van der Waals surface area (Å²) in [5.41, 5.74) is 0.393. The lowest BCUT2D eigenvalue weighted by Gasteiger charge is -2.33. The molecule has 140 valence electrons. The van der Waals surface area contributed by atoms with E-state index < -0.39 is 24.0 Å². The lowest BCUT2D eigenvalue weighted by atomic mass is 10.0. The molecule has 2 aliphatic heterocycles. The Labute approximate surface area is 150 Å². The van der Waals surface area contributed by atoms with Crippen molar-refractivity contribution in [1.82, 2.24) is 10.2 Å². The smallest absolute Gasteiger partial charge is 0.332 e. The molecule has 0 saturated carbocycles. The fraction of sp³-hybridized carbons (Fsp3) is 0.500. The van der Waals surface area contributed by atoms with E-state index in [4.69, 9.17) is 9.84 Å². The van der Waals surface area contributed by atoms with Gasteiger partial charge in [0.1, 0.15) is 11.9 Å². The molecule has 2 amide bonds. The normalized spacial score (nSPS) is 23.7. The Balaban J connectivity index is 1.47. The molecule has 0 radical (unpaired) electrons. The second-order valence-electron chi connectivity index (χ2n) is 6.61. The van der Waals surface area contributed by atoms with E-state index in [1.165, 1.54) is 24.3 Å². The van der Waals surface area contributed by atoms with Crippen LogP contribution in [0.2, 0.25) is 0 Å². The molecule has 0 bridgehead atoms. The largest absolute Gasteiger partial charge is 0.479 e. The van der Waals surface area contributed by atoms with Crippen molar-refractivity contribution < 1.29 is 28.6 Å². The molecule has 2 fully saturated rings.